The molecule has 0 amide bonds. The third-order valence-corrected chi connectivity index (χ3v) is 5.39. The lowest BCUT2D eigenvalue weighted by molar-refractivity contribution is 0.685. The number of pyridine rings is 1. The molecular formula is C18H18ClN3S. The van der Waals surface area contributed by atoms with Gasteiger partial charge in [0, 0.05) is 46.2 Å². The highest BCUT2D eigenvalue weighted by molar-refractivity contribution is 7.15. The smallest absolute Gasteiger partial charge is 0.0959 e. The van der Waals surface area contributed by atoms with Crippen LogP contribution in [-0.4, -0.2) is 16.5 Å². The van der Waals surface area contributed by atoms with Crippen molar-refractivity contribution in [3.05, 3.63) is 59.0 Å². The quantitative estimate of drug-likeness (QED) is 0.711. The fraction of sp³-hybridized carbons (Fsp3) is 0.222. The molecule has 0 saturated heterocycles. The van der Waals surface area contributed by atoms with Gasteiger partial charge in [0.1, 0.15) is 0 Å². The zero-order chi connectivity index (χ0) is 16.2. The van der Waals surface area contributed by atoms with E-state index in [1.54, 1.807) is 17.5 Å². The lowest BCUT2D eigenvalue weighted by atomic mass is 10.0. The molecule has 118 valence electrons. The predicted molar refractivity (Wildman–Crippen MR) is 97.9 cm³/mol. The highest BCUT2D eigenvalue weighted by Gasteiger charge is 2.15. The van der Waals surface area contributed by atoms with Gasteiger partial charge in [0.15, 0.2) is 0 Å². The van der Waals surface area contributed by atoms with E-state index in [1.807, 2.05) is 42.7 Å². The second kappa shape index (κ2) is 7.21. The van der Waals surface area contributed by atoms with Crippen LogP contribution in [0.3, 0.4) is 0 Å². The van der Waals surface area contributed by atoms with Gasteiger partial charge in [-0.3, -0.25) is 4.98 Å². The van der Waals surface area contributed by atoms with Crippen molar-refractivity contribution in [2.24, 2.45) is 5.73 Å². The summed E-state index contributed by atoms with van der Waals surface area (Å²) in [7, 11) is 0. The fourth-order valence-corrected chi connectivity index (χ4v) is 3.80. The van der Waals surface area contributed by atoms with Crippen LogP contribution >= 0.6 is 22.9 Å². The van der Waals surface area contributed by atoms with Gasteiger partial charge in [-0.2, -0.15) is 0 Å². The third-order valence-electron chi connectivity index (χ3n) is 3.80. The Kier molecular flexibility index (Phi) is 5.06. The van der Waals surface area contributed by atoms with Crippen LogP contribution in [-0.2, 0) is 0 Å². The minimum atomic E-state index is 0.379. The van der Waals surface area contributed by atoms with Crippen LogP contribution in [0.1, 0.15) is 24.3 Å². The van der Waals surface area contributed by atoms with Gasteiger partial charge >= 0.3 is 0 Å². The maximum Gasteiger partial charge on any atom is 0.0959 e. The van der Waals surface area contributed by atoms with Gasteiger partial charge in [-0.25, -0.2) is 4.98 Å². The van der Waals surface area contributed by atoms with Crippen LogP contribution in [0.15, 0.2) is 48.9 Å². The maximum atomic E-state index is 6.36. The highest BCUT2D eigenvalue weighted by Crippen LogP contribution is 2.38. The number of rotatable bonds is 5. The minimum absolute atomic E-state index is 0.379. The Labute approximate surface area is 145 Å². The van der Waals surface area contributed by atoms with Crippen molar-refractivity contribution in [2.75, 3.05) is 6.54 Å². The van der Waals surface area contributed by atoms with Gasteiger partial charge in [-0.05, 0) is 25.1 Å². The lowest BCUT2D eigenvalue weighted by Gasteiger charge is -2.09. The minimum Gasteiger partial charge on any atom is -0.330 e. The number of halogens is 1. The van der Waals surface area contributed by atoms with Crippen LogP contribution in [0.4, 0.5) is 0 Å². The van der Waals surface area contributed by atoms with E-state index in [2.05, 4.69) is 16.9 Å². The highest BCUT2D eigenvalue weighted by atomic mass is 35.5. The molecule has 0 aliphatic rings. The van der Waals surface area contributed by atoms with Crippen molar-refractivity contribution in [2.45, 2.75) is 19.3 Å². The average Bonchev–Trinajstić information content (AvgIpc) is 3.06. The monoisotopic (exact) mass is 343 g/mol. The van der Waals surface area contributed by atoms with Crippen molar-refractivity contribution in [3.63, 3.8) is 0 Å². The zero-order valence-corrected chi connectivity index (χ0v) is 14.4. The normalized spacial score (nSPS) is 12.3. The standard InChI is InChI=1S/C18H18ClN3S/c1-12(6-8-20)18-22-11-17(23-18)14-7-9-21-10-15(14)13-4-2-3-5-16(13)19/h2-5,7,9-12H,6,8,20H2,1H3. The molecule has 2 heterocycles. The van der Waals surface area contributed by atoms with Gasteiger partial charge in [0.2, 0.25) is 0 Å². The predicted octanol–water partition coefficient (Wildman–Crippen LogP) is 4.98. The number of nitrogens with zero attached hydrogens (tertiary/aromatic N) is 2. The zero-order valence-electron chi connectivity index (χ0n) is 12.9. The Balaban J connectivity index is 2.03. The Morgan fingerprint density at radius 1 is 1.13 bits per heavy atom. The molecule has 1 aromatic carbocycles. The summed E-state index contributed by atoms with van der Waals surface area (Å²) in [6.45, 7) is 2.84. The van der Waals surface area contributed by atoms with Crippen LogP contribution in [0.5, 0.6) is 0 Å². The van der Waals surface area contributed by atoms with Gasteiger partial charge in [0.05, 0.1) is 9.88 Å². The average molecular weight is 344 g/mol. The molecular weight excluding hydrogens is 326 g/mol. The molecule has 0 spiro atoms. The molecule has 0 radical (unpaired) electrons. The molecule has 0 saturated carbocycles. The Bertz CT molecular complexity index is 800. The molecule has 3 nitrogen and oxygen atoms in total. The molecule has 3 aromatic rings. The van der Waals surface area contributed by atoms with E-state index < -0.39 is 0 Å². The molecule has 0 bridgehead atoms. The van der Waals surface area contributed by atoms with Crippen molar-refractivity contribution < 1.29 is 0 Å². The second-order valence-electron chi connectivity index (χ2n) is 5.44. The van der Waals surface area contributed by atoms with Crippen LogP contribution in [0.2, 0.25) is 5.02 Å². The molecule has 0 aliphatic heterocycles. The van der Waals surface area contributed by atoms with E-state index in [1.165, 1.54) is 0 Å². The number of hydrogen-bond acceptors (Lipinski definition) is 4. The molecule has 0 fully saturated rings. The van der Waals surface area contributed by atoms with Gasteiger partial charge in [0.25, 0.3) is 0 Å². The first-order valence-electron chi connectivity index (χ1n) is 7.55. The molecule has 23 heavy (non-hydrogen) atoms. The summed E-state index contributed by atoms with van der Waals surface area (Å²) in [5.41, 5.74) is 8.78. The van der Waals surface area contributed by atoms with Gasteiger partial charge < -0.3 is 5.73 Å². The second-order valence-corrected chi connectivity index (χ2v) is 6.91. The van der Waals surface area contributed by atoms with E-state index in [0.717, 1.165) is 38.0 Å². The van der Waals surface area contributed by atoms with Crippen LogP contribution < -0.4 is 5.73 Å². The van der Waals surface area contributed by atoms with Crippen molar-refractivity contribution in [1.29, 1.82) is 0 Å². The Morgan fingerprint density at radius 2 is 1.96 bits per heavy atom. The van der Waals surface area contributed by atoms with E-state index >= 15 is 0 Å². The first-order chi connectivity index (χ1) is 11.2. The van der Waals surface area contributed by atoms with Crippen molar-refractivity contribution >= 4 is 22.9 Å². The number of nitrogens with two attached hydrogens (primary N) is 1. The summed E-state index contributed by atoms with van der Waals surface area (Å²) in [5.74, 6) is 0.379. The topological polar surface area (TPSA) is 51.8 Å². The number of benzene rings is 1. The number of thiazole rings is 1. The molecule has 1 atom stereocenters. The first kappa shape index (κ1) is 16.1. The number of aromatic nitrogens is 2. The SMILES string of the molecule is CC(CCN)c1ncc(-c2ccncc2-c2ccccc2Cl)s1. The Morgan fingerprint density at radius 3 is 2.74 bits per heavy atom. The van der Waals surface area contributed by atoms with Crippen molar-refractivity contribution in [1.82, 2.24) is 9.97 Å². The summed E-state index contributed by atoms with van der Waals surface area (Å²) >= 11 is 8.07. The maximum absolute atomic E-state index is 6.36. The third kappa shape index (κ3) is 3.44. The Hall–Kier alpha value is -1.75. The molecule has 2 aromatic heterocycles. The van der Waals surface area contributed by atoms with Crippen LogP contribution in [0.25, 0.3) is 21.6 Å². The fourth-order valence-electron chi connectivity index (χ4n) is 2.52. The summed E-state index contributed by atoms with van der Waals surface area (Å²) < 4.78 is 0. The van der Waals surface area contributed by atoms with Gasteiger partial charge in [-0.15, -0.1) is 11.3 Å². The summed E-state index contributed by atoms with van der Waals surface area (Å²) in [5, 5.41) is 1.84. The van der Waals surface area contributed by atoms with E-state index in [4.69, 9.17) is 17.3 Å². The van der Waals surface area contributed by atoms with Crippen LogP contribution in [0, 0.1) is 0 Å². The largest absolute Gasteiger partial charge is 0.330 e. The summed E-state index contributed by atoms with van der Waals surface area (Å²) in [6.07, 6.45) is 6.54. The summed E-state index contributed by atoms with van der Waals surface area (Å²) in [4.78, 5) is 9.97. The molecule has 0 aliphatic carbocycles. The van der Waals surface area contributed by atoms with E-state index in [-0.39, 0.29) is 0 Å². The molecule has 2 N–H and O–H groups in total. The first-order valence-corrected chi connectivity index (χ1v) is 8.75. The lowest BCUT2D eigenvalue weighted by Crippen LogP contribution is -2.03. The van der Waals surface area contributed by atoms with E-state index in [0.29, 0.717) is 12.5 Å². The van der Waals surface area contributed by atoms with E-state index in [9.17, 15) is 0 Å². The molecule has 3 rings (SSSR count). The number of hydrogen-bond donors (Lipinski definition) is 1. The molecule has 1 unspecified atom stereocenters. The van der Waals surface area contributed by atoms with Crippen molar-refractivity contribution in [3.8, 4) is 21.6 Å². The van der Waals surface area contributed by atoms with Gasteiger partial charge in [-0.1, -0.05) is 36.7 Å². The summed E-state index contributed by atoms with van der Waals surface area (Å²) in [6, 6.07) is 9.85. The molecule has 5 heteroatoms.